The van der Waals surface area contributed by atoms with Gasteiger partial charge in [-0.1, -0.05) is 48.5 Å². The number of nitrogens with zero attached hydrogens (tertiary/aromatic N) is 2. The zero-order valence-corrected chi connectivity index (χ0v) is 15.9. The molecule has 29 heavy (non-hydrogen) atoms. The molecule has 0 aliphatic heterocycles. The highest BCUT2D eigenvalue weighted by Crippen LogP contribution is 2.29. The SMILES string of the molecule is COc1ccccc1NC(=O)Nc1ccccc1-c1cnn(-c2ccccc2)c1. The summed E-state index contributed by atoms with van der Waals surface area (Å²) in [6.45, 7) is 0. The Bertz CT molecular complexity index is 1120. The number of urea groups is 1. The van der Waals surface area contributed by atoms with Gasteiger partial charge in [0.15, 0.2) is 0 Å². The van der Waals surface area contributed by atoms with Gasteiger partial charge in [0, 0.05) is 17.3 Å². The number of ether oxygens (including phenoxy) is 1. The van der Waals surface area contributed by atoms with Gasteiger partial charge in [-0.05, 0) is 30.3 Å². The quantitative estimate of drug-likeness (QED) is 0.497. The number of amides is 2. The molecule has 144 valence electrons. The van der Waals surface area contributed by atoms with Gasteiger partial charge >= 0.3 is 6.03 Å². The van der Waals surface area contributed by atoms with Crippen molar-refractivity contribution in [2.45, 2.75) is 0 Å². The number of nitrogens with one attached hydrogen (secondary N) is 2. The van der Waals surface area contributed by atoms with E-state index in [1.54, 1.807) is 30.1 Å². The van der Waals surface area contributed by atoms with E-state index in [4.69, 9.17) is 4.74 Å². The number of para-hydroxylation sites is 4. The highest BCUT2D eigenvalue weighted by Gasteiger charge is 2.12. The topological polar surface area (TPSA) is 68.2 Å². The second-order valence-corrected chi connectivity index (χ2v) is 6.33. The highest BCUT2D eigenvalue weighted by atomic mass is 16.5. The van der Waals surface area contributed by atoms with Crippen molar-refractivity contribution in [1.29, 1.82) is 0 Å². The Labute approximate surface area is 168 Å². The second kappa shape index (κ2) is 8.31. The van der Waals surface area contributed by atoms with Crippen LogP contribution in [0.15, 0.2) is 91.3 Å². The number of hydrogen-bond donors (Lipinski definition) is 2. The fraction of sp³-hybridized carbons (Fsp3) is 0.0435. The summed E-state index contributed by atoms with van der Waals surface area (Å²) in [5, 5.41) is 10.2. The normalized spacial score (nSPS) is 10.4. The first-order valence-electron chi connectivity index (χ1n) is 9.15. The molecule has 0 aliphatic rings. The van der Waals surface area contributed by atoms with Crippen LogP contribution in [0.25, 0.3) is 16.8 Å². The molecule has 0 saturated heterocycles. The maximum absolute atomic E-state index is 12.6. The van der Waals surface area contributed by atoms with E-state index >= 15 is 0 Å². The van der Waals surface area contributed by atoms with E-state index in [1.165, 1.54) is 0 Å². The molecule has 0 spiro atoms. The molecule has 4 aromatic rings. The number of rotatable bonds is 5. The van der Waals surface area contributed by atoms with E-state index in [2.05, 4.69) is 15.7 Å². The molecule has 6 nitrogen and oxygen atoms in total. The third-order valence-corrected chi connectivity index (χ3v) is 4.44. The van der Waals surface area contributed by atoms with Gasteiger partial charge in [0.05, 0.1) is 30.4 Å². The molecule has 0 aliphatic carbocycles. The van der Waals surface area contributed by atoms with Gasteiger partial charge in [0.1, 0.15) is 5.75 Å². The van der Waals surface area contributed by atoms with E-state index in [1.807, 2.05) is 72.9 Å². The summed E-state index contributed by atoms with van der Waals surface area (Å²) in [6.07, 6.45) is 3.72. The van der Waals surface area contributed by atoms with E-state index < -0.39 is 0 Å². The Morgan fingerprint density at radius 3 is 2.31 bits per heavy atom. The van der Waals surface area contributed by atoms with E-state index in [0.717, 1.165) is 16.8 Å². The van der Waals surface area contributed by atoms with Crippen molar-refractivity contribution in [3.63, 3.8) is 0 Å². The number of carbonyl (C=O) groups excluding carboxylic acids is 1. The van der Waals surface area contributed by atoms with Crippen LogP contribution < -0.4 is 15.4 Å². The lowest BCUT2D eigenvalue weighted by atomic mass is 10.1. The fourth-order valence-corrected chi connectivity index (χ4v) is 3.05. The smallest absolute Gasteiger partial charge is 0.323 e. The number of anilines is 2. The molecule has 1 aromatic heterocycles. The minimum atomic E-state index is -0.350. The molecule has 2 N–H and O–H groups in total. The van der Waals surface area contributed by atoms with Gasteiger partial charge in [0.25, 0.3) is 0 Å². The zero-order valence-electron chi connectivity index (χ0n) is 15.9. The fourth-order valence-electron chi connectivity index (χ4n) is 3.05. The van der Waals surface area contributed by atoms with Crippen LogP contribution in [0.2, 0.25) is 0 Å². The van der Waals surface area contributed by atoms with Gasteiger partial charge in [-0.2, -0.15) is 5.10 Å². The van der Waals surface area contributed by atoms with E-state index in [-0.39, 0.29) is 6.03 Å². The van der Waals surface area contributed by atoms with Crippen LogP contribution >= 0.6 is 0 Å². The Kier molecular flexibility index (Phi) is 5.25. The average Bonchev–Trinajstić information content (AvgIpc) is 3.25. The Morgan fingerprint density at radius 2 is 1.52 bits per heavy atom. The number of benzene rings is 3. The van der Waals surface area contributed by atoms with Crippen LogP contribution in [-0.4, -0.2) is 22.9 Å². The molecule has 6 heteroatoms. The molecule has 3 aromatic carbocycles. The summed E-state index contributed by atoms with van der Waals surface area (Å²) in [5.41, 5.74) is 4.04. The number of hydrogen-bond acceptors (Lipinski definition) is 3. The van der Waals surface area contributed by atoms with Crippen molar-refractivity contribution in [3.8, 4) is 22.6 Å². The van der Waals surface area contributed by atoms with Gasteiger partial charge in [-0.25, -0.2) is 9.48 Å². The van der Waals surface area contributed by atoms with Crippen molar-refractivity contribution in [3.05, 3.63) is 91.3 Å². The first-order valence-corrected chi connectivity index (χ1v) is 9.15. The Hall–Kier alpha value is -4.06. The summed E-state index contributed by atoms with van der Waals surface area (Å²) in [4.78, 5) is 12.6. The Balaban J connectivity index is 1.56. The molecule has 0 saturated carbocycles. The predicted molar refractivity (Wildman–Crippen MR) is 115 cm³/mol. The summed E-state index contributed by atoms with van der Waals surface area (Å²) >= 11 is 0. The molecule has 1 heterocycles. The molecule has 0 bridgehead atoms. The highest BCUT2D eigenvalue weighted by molar-refractivity contribution is 6.03. The van der Waals surface area contributed by atoms with Crippen LogP contribution in [0.5, 0.6) is 5.75 Å². The first kappa shape index (κ1) is 18.3. The summed E-state index contributed by atoms with van der Waals surface area (Å²) in [7, 11) is 1.57. The molecule has 0 fully saturated rings. The predicted octanol–water partition coefficient (Wildman–Crippen LogP) is 5.19. The van der Waals surface area contributed by atoms with Crippen LogP contribution in [-0.2, 0) is 0 Å². The van der Waals surface area contributed by atoms with Crippen LogP contribution in [0, 0.1) is 0 Å². The summed E-state index contributed by atoms with van der Waals surface area (Å²) in [6, 6.07) is 24.4. The van der Waals surface area contributed by atoms with Crippen LogP contribution in [0.1, 0.15) is 0 Å². The van der Waals surface area contributed by atoms with Gasteiger partial charge in [-0.3, -0.25) is 0 Å². The van der Waals surface area contributed by atoms with Crippen LogP contribution in [0.3, 0.4) is 0 Å². The molecule has 4 rings (SSSR count). The minimum Gasteiger partial charge on any atom is -0.495 e. The van der Waals surface area contributed by atoms with E-state index in [9.17, 15) is 4.79 Å². The summed E-state index contributed by atoms with van der Waals surface area (Å²) in [5.74, 6) is 0.597. The van der Waals surface area contributed by atoms with Crippen molar-refractivity contribution >= 4 is 17.4 Å². The van der Waals surface area contributed by atoms with Crippen molar-refractivity contribution in [1.82, 2.24) is 9.78 Å². The molecule has 0 radical (unpaired) electrons. The van der Waals surface area contributed by atoms with Gasteiger partial charge < -0.3 is 15.4 Å². The molecule has 0 atom stereocenters. The zero-order chi connectivity index (χ0) is 20.1. The van der Waals surface area contributed by atoms with Crippen molar-refractivity contribution < 1.29 is 9.53 Å². The minimum absolute atomic E-state index is 0.350. The van der Waals surface area contributed by atoms with Crippen molar-refractivity contribution in [2.75, 3.05) is 17.7 Å². The number of carbonyl (C=O) groups is 1. The Morgan fingerprint density at radius 1 is 0.862 bits per heavy atom. The van der Waals surface area contributed by atoms with Crippen LogP contribution in [0.4, 0.5) is 16.2 Å². The van der Waals surface area contributed by atoms with Gasteiger partial charge in [0.2, 0.25) is 0 Å². The van der Waals surface area contributed by atoms with E-state index in [0.29, 0.717) is 17.1 Å². The molecule has 0 unspecified atom stereocenters. The second-order valence-electron chi connectivity index (χ2n) is 6.33. The number of aromatic nitrogens is 2. The molecular formula is C23H20N4O2. The lowest BCUT2D eigenvalue weighted by Crippen LogP contribution is -2.20. The number of methoxy groups -OCH3 is 1. The largest absolute Gasteiger partial charge is 0.495 e. The standard InChI is InChI=1S/C23H20N4O2/c1-29-22-14-8-7-13-21(22)26-23(28)25-20-12-6-5-11-19(20)17-15-24-27(16-17)18-9-3-2-4-10-18/h2-16H,1H3,(H2,25,26,28). The third-order valence-electron chi connectivity index (χ3n) is 4.44. The lowest BCUT2D eigenvalue weighted by Gasteiger charge is -2.13. The maximum atomic E-state index is 12.6. The monoisotopic (exact) mass is 384 g/mol. The lowest BCUT2D eigenvalue weighted by molar-refractivity contribution is 0.262. The van der Waals surface area contributed by atoms with Gasteiger partial charge in [-0.15, -0.1) is 0 Å². The first-order chi connectivity index (χ1) is 14.2. The molecule has 2 amide bonds. The van der Waals surface area contributed by atoms with Crippen molar-refractivity contribution in [2.24, 2.45) is 0 Å². The third kappa shape index (κ3) is 4.11. The average molecular weight is 384 g/mol. The summed E-state index contributed by atoms with van der Waals surface area (Å²) < 4.78 is 7.09. The maximum Gasteiger partial charge on any atom is 0.323 e. The molecular weight excluding hydrogens is 364 g/mol.